The molecule has 5 heteroatoms. The summed E-state index contributed by atoms with van der Waals surface area (Å²) in [4.78, 5) is 8.32. The summed E-state index contributed by atoms with van der Waals surface area (Å²) < 4.78 is 1.72. The minimum Gasteiger partial charge on any atom is -0.412 e. The molecule has 0 bridgehead atoms. The Morgan fingerprint density at radius 1 is 1.60 bits per heavy atom. The van der Waals surface area contributed by atoms with Gasteiger partial charge in [-0.25, -0.2) is 0 Å². The predicted octanol–water partition coefficient (Wildman–Crippen LogP) is 0.0794. The summed E-state index contributed by atoms with van der Waals surface area (Å²) in [5.41, 5.74) is 0. The van der Waals surface area contributed by atoms with Crippen molar-refractivity contribution < 1.29 is 25.0 Å². The van der Waals surface area contributed by atoms with Gasteiger partial charge >= 0.3 is 19.5 Å². The van der Waals surface area contributed by atoms with Crippen molar-refractivity contribution in [1.82, 2.24) is 0 Å². The van der Waals surface area contributed by atoms with Gasteiger partial charge in [-0.2, -0.15) is 0 Å². The van der Waals surface area contributed by atoms with Crippen molar-refractivity contribution in [3.05, 3.63) is 4.91 Å². The van der Waals surface area contributed by atoms with Crippen LogP contribution in [0, 0.1) is 4.91 Å². The fourth-order valence-corrected chi connectivity index (χ4v) is 0. The van der Waals surface area contributed by atoms with Crippen LogP contribution in [0.4, 0.5) is 0 Å². The molecule has 0 radical (unpaired) electrons. The second kappa shape index (κ2) is 24.9. The molecule has 0 saturated carbocycles. The van der Waals surface area contributed by atoms with Gasteiger partial charge in [-0.3, -0.25) is 0 Å². The van der Waals surface area contributed by atoms with Gasteiger partial charge in [0.25, 0.3) is 0 Å². The topological polar surface area (TPSA) is 60.9 Å². The quantitative estimate of drug-likeness (QED) is 0.389. The number of nitroso groups, excluding NO2 is 1. The molecule has 0 aromatic carbocycles. The maximum Gasteiger partial charge on any atom is 2.00 e. The Kier molecular flexibility index (Phi) is 89.0. The van der Waals surface area contributed by atoms with Crippen molar-refractivity contribution in [3.63, 3.8) is 0 Å². The van der Waals surface area contributed by atoms with Gasteiger partial charge in [0, 0.05) is 4.70 Å². The molecule has 0 amide bonds. The second-order valence-electron chi connectivity index (χ2n) is 0.0690. The van der Waals surface area contributed by atoms with Crippen LogP contribution in [0.25, 0.3) is 0 Å². The molecule has 0 saturated heterocycles. The Balaban J connectivity index is -0.0000000200. The third-order valence-electron chi connectivity index (χ3n) is 0. The maximum atomic E-state index is 8.32. The van der Waals surface area contributed by atoms with Gasteiger partial charge in [-0.1, -0.05) is 0 Å². The minimum absolute atomic E-state index is 0. The van der Waals surface area contributed by atoms with Crippen LogP contribution in [0.2, 0.25) is 0 Å². The fraction of sp³-hybridized carbons (Fsp3) is 0. The predicted molar refractivity (Wildman–Crippen MR) is 15.3 cm³/mol. The summed E-state index contributed by atoms with van der Waals surface area (Å²) in [6, 6.07) is 0. The standard InChI is InChI=1S/ClNO.H2O.Ru/c1-2-3;;/h;1H2;/q;;+2. The smallest absolute Gasteiger partial charge is 0.412 e. The SMILES string of the molecule is O.O=NCl.[Ru+2]. The summed E-state index contributed by atoms with van der Waals surface area (Å²) in [5.74, 6) is 0. The number of halogens is 1. The monoisotopic (exact) mass is 185 g/mol. The first-order chi connectivity index (χ1) is 1.41. The Hall–Kier alpha value is 0.473. The van der Waals surface area contributed by atoms with E-state index >= 15 is 0 Å². The Morgan fingerprint density at radius 2 is 1.60 bits per heavy atom. The summed E-state index contributed by atoms with van der Waals surface area (Å²) >= 11 is 4.07. The number of rotatable bonds is 0. The van der Waals surface area contributed by atoms with Gasteiger partial charge in [-0.05, 0) is 0 Å². The van der Waals surface area contributed by atoms with Gasteiger partial charge in [0.15, 0.2) is 0 Å². The molecule has 2 N–H and O–H groups in total. The van der Waals surface area contributed by atoms with Crippen molar-refractivity contribution in [2.24, 2.45) is 4.70 Å². The Labute approximate surface area is 46.8 Å². The van der Waals surface area contributed by atoms with Crippen molar-refractivity contribution in [1.29, 1.82) is 0 Å². The molecule has 0 aromatic heterocycles. The van der Waals surface area contributed by atoms with Crippen LogP contribution >= 0.6 is 11.8 Å². The zero-order chi connectivity index (χ0) is 2.71. The molecule has 0 heterocycles. The Bertz CT molecular complexity index is 17.1. The van der Waals surface area contributed by atoms with Crippen LogP contribution in [-0.4, -0.2) is 5.48 Å². The summed E-state index contributed by atoms with van der Waals surface area (Å²) in [6.45, 7) is 0. The molecule has 32 valence electrons. The average molecular weight is 185 g/mol. The second-order valence-corrected chi connectivity index (χ2v) is 0.207. The molecule has 3 nitrogen and oxygen atoms in total. The number of hydrogen-bond donors (Lipinski definition) is 0. The van der Waals surface area contributed by atoms with E-state index in [0.29, 0.717) is 0 Å². The van der Waals surface area contributed by atoms with Crippen LogP contribution in [0.3, 0.4) is 0 Å². The maximum absolute atomic E-state index is 8.32. The van der Waals surface area contributed by atoms with Crippen molar-refractivity contribution in [2.45, 2.75) is 0 Å². The first-order valence-electron chi connectivity index (χ1n) is 0.352. The fourth-order valence-electron chi connectivity index (χ4n) is 0. The molecule has 0 aliphatic carbocycles. The molecule has 0 fully saturated rings. The normalized spacial score (nSPS) is 2.60. The van der Waals surface area contributed by atoms with Gasteiger partial charge < -0.3 is 5.48 Å². The first kappa shape index (κ1) is 17.9. The van der Waals surface area contributed by atoms with Crippen molar-refractivity contribution >= 4 is 11.8 Å². The van der Waals surface area contributed by atoms with Gasteiger partial charge in [0.2, 0.25) is 0 Å². The van der Waals surface area contributed by atoms with Gasteiger partial charge in [0.1, 0.15) is 0 Å². The van der Waals surface area contributed by atoms with Crippen molar-refractivity contribution in [3.8, 4) is 0 Å². The van der Waals surface area contributed by atoms with E-state index in [0.717, 1.165) is 0 Å². The Morgan fingerprint density at radius 3 is 1.60 bits per heavy atom. The molecule has 0 atom stereocenters. The van der Waals surface area contributed by atoms with E-state index in [4.69, 9.17) is 4.91 Å². The van der Waals surface area contributed by atoms with Crippen LogP contribution in [0.5, 0.6) is 0 Å². The molecule has 5 heavy (non-hydrogen) atoms. The van der Waals surface area contributed by atoms with E-state index in [1.165, 1.54) is 0 Å². The number of hydrogen-bond acceptors (Lipinski definition) is 2. The molecule has 0 unspecified atom stereocenters. The largest absolute Gasteiger partial charge is 2.00 e. The molecule has 0 rings (SSSR count). The van der Waals surface area contributed by atoms with Crippen LogP contribution in [-0.2, 0) is 19.5 Å². The minimum atomic E-state index is 0. The van der Waals surface area contributed by atoms with E-state index in [-0.39, 0.29) is 25.0 Å². The summed E-state index contributed by atoms with van der Waals surface area (Å²) in [6.07, 6.45) is 0. The van der Waals surface area contributed by atoms with Crippen molar-refractivity contribution in [2.75, 3.05) is 0 Å². The molecule has 0 aliphatic heterocycles. The van der Waals surface area contributed by atoms with Crippen LogP contribution < -0.4 is 0 Å². The summed E-state index contributed by atoms with van der Waals surface area (Å²) in [7, 11) is 0. The van der Waals surface area contributed by atoms with E-state index in [9.17, 15) is 0 Å². The zero-order valence-electron chi connectivity index (χ0n) is 2.09. The third-order valence-corrected chi connectivity index (χ3v) is 0. The van der Waals surface area contributed by atoms with E-state index in [2.05, 4.69) is 11.8 Å². The molecule has 0 aromatic rings. The molecular formula is H2ClNO2Ru+2. The van der Waals surface area contributed by atoms with Crippen LogP contribution in [0.1, 0.15) is 0 Å². The average Bonchev–Trinajstić information content (AvgIpc) is 0.918. The van der Waals surface area contributed by atoms with E-state index in [1.807, 2.05) is 0 Å². The molecule has 0 aliphatic rings. The third kappa shape index (κ3) is 122. The molecular weight excluding hydrogens is 183 g/mol. The van der Waals surface area contributed by atoms with Gasteiger partial charge in [-0.15, -0.1) is 4.91 Å². The first-order valence-corrected chi connectivity index (χ1v) is 0.690. The van der Waals surface area contributed by atoms with E-state index in [1.54, 1.807) is 4.70 Å². The zero-order valence-corrected chi connectivity index (χ0v) is 4.58. The number of nitrogens with zero attached hydrogens (tertiary/aromatic N) is 1. The molecule has 0 spiro atoms. The van der Waals surface area contributed by atoms with Crippen LogP contribution in [0.15, 0.2) is 4.70 Å². The summed E-state index contributed by atoms with van der Waals surface area (Å²) in [5, 5.41) is 0. The van der Waals surface area contributed by atoms with E-state index < -0.39 is 0 Å². The van der Waals surface area contributed by atoms with Gasteiger partial charge in [0.05, 0.1) is 11.8 Å².